The largest absolute Gasteiger partial charge is 0.397 e. The first-order valence-corrected chi connectivity index (χ1v) is 8.29. The minimum atomic E-state index is -0.583. The van der Waals surface area contributed by atoms with E-state index in [0.717, 1.165) is 6.42 Å². The smallest absolute Gasteiger partial charge is 0.247 e. The third-order valence-electron chi connectivity index (χ3n) is 4.48. The highest BCUT2D eigenvalue weighted by Gasteiger charge is 2.39. The van der Waals surface area contributed by atoms with Gasteiger partial charge in [-0.3, -0.25) is 14.6 Å². The topological polar surface area (TPSA) is 105 Å². The van der Waals surface area contributed by atoms with Gasteiger partial charge in [-0.05, 0) is 30.9 Å². The molecule has 0 spiro atoms. The fourth-order valence-electron chi connectivity index (χ4n) is 3.24. The molecule has 1 aliphatic heterocycles. The molecule has 2 atom stereocenters. The fraction of sp³-hybridized carbons (Fsp3) is 0.529. The summed E-state index contributed by atoms with van der Waals surface area (Å²) in [5.74, 6) is 5.96. The van der Waals surface area contributed by atoms with Crippen LogP contribution in [-0.4, -0.2) is 42.4 Å². The average Bonchev–Trinajstić information content (AvgIpc) is 3.03. The number of amides is 2. The summed E-state index contributed by atoms with van der Waals surface area (Å²) in [4.78, 5) is 26.8. The van der Waals surface area contributed by atoms with Gasteiger partial charge in [0, 0.05) is 13.6 Å². The van der Waals surface area contributed by atoms with Crippen LogP contribution in [0, 0.1) is 5.92 Å². The van der Waals surface area contributed by atoms with E-state index in [9.17, 15) is 9.59 Å². The zero-order valence-corrected chi connectivity index (χ0v) is 14.5. The lowest BCUT2D eigenvalue weighted by Gasteiger charge is -2.36. The second kappa shape index (κ2) is 7.53. The SMILES string of the molecule is CNC(=O)C1CCCN1C(=O)C(C(C)C)N(N)c1ccccc1N. The van der Waals surface area contributed by atoms with E-state index in [2.05, 4.69) is 5.32 Å². The van der Waals surface area contributed by atoms with Crippen LogP contribution in [0.15, 0.2) is 24.3 Å². The van der Waals surface area contributed by atoms with Crippen LogP contribution in [0.4, 0.5) is 11.4 Å². The minimum absolute atomic E-state index is 0.0342. The molecule has 1 saturated heterocycles. The zero-order chi connectivity index (χ0) is 17.9. The second-order valence-corrected chi connectivity index (χ2v) is 6.46. The van der Waals surface area contributed by atoms with Gasteiger partial charge in [0.15, 0.2) is 0 Å². The summed E-state index contributed by atoms with van der Waals surface area (Å²) in [6, 6.07) is 6.18. The molecule has 1 fully saturated rings. The highest BCUT2D eigenvalue weighted by molar-refractivity contribution is 5.92. The Morgan fingerprint density at radius 1 is 1.33 bits per heavy atom. The molecule has 2 unspecified atom stereocenters. The second-order valence-electron chi connectivity index (χ2n) is 6.46. The molecular weight excluding hydrogens is 306 g/mol. The molecule has 7 heteroatoms. The number of likely N-dealkylation sites (tertiary alicyclic amines) is 1. The summed E-state index contributed by atoms with van der Waals surface area (Å²) in [5, 5.41) is 4.06. The van der Waals surface area contributed by atoms with E-state index < -0.39 is 12.1 Å². The van der Waals surface area contributed by atoms with E-state index in [1.54, 1.807) is 24.1 Å². The van der Waals surface area contributed by atoms with Gasteiger partial charge in [-0.15, -0.1) is 0 Å². The number of carbonyl (C=O) groups excluding carboxylic acids is 2. The first-order valence-electron chi connectivity index (χ1n) is 8.29. The van der Waals surface area contributed by atoms with Gasteiger partial charge in [0.2, 0.25) is 11.8 Å². The molecule has 0 radical (unpaired) electrons. The molecule has 24 heavy (non-hydrogen) atoms. The first-order chi connectivity index (χ1) is 11.4. The number of carbonyl (C=O) groups is 2. The monoisotopic (exact) mass is 333 g/mol. The first kappa shape index (κ1) is 18.1. The number of nitrogens with two attached hydrogens (primary N) is 2. The van der Waals surface area contributed by atoms with E-state index in [-0.39, 0.29) is 17.7 Å². The number of hydrogen-bond acceptors (Lipinski definition) is 5. The van der Waals surface area contributed by atoms with Gasteiger partial charge in [-0.1, -0.05) is 26.0 Å². The summed E-state index contributed by atoms with van der Waals surface area (Å²) in [5.41, 5.74) is 7.13. The molecular formula is C17H27N5O2. The van der Waals surface area contributed by atoms with Gasteiger partial charge < -0.3 is 16.0 Å². The van der Waals surface area contributed by atoms with E-state index in [1.165, 1.54) is 5.01 Å². The van der Waals surface area contributed by atoms with Crippen molar-refractivity contribution in [2.45, 2.75) is 38.8 Å². The maximum absolute atomic E-state index is 13.1. The molecule has 1 heterocycles. The van der Waals surface area contributed by atoms with Gasteiger partial charge in [0.1, 0.15) is 12.1 Å². The van der Waals surface area contributed by atoms with Gasteiger partial charge in [0.05, 0.1) is 11.4 Å². The number of nitrogen functional groups attached to an aromatic ring is 1. The predicted molar refractivity (Wildman–Crippen MR) is 94.9 cm³/mol. The molecule has 5 N–H and O–H groups in total. The summed E-state index contributed by atoms with van der Waals surface area (Å²) in [6.45, 7) is 4.44. The molecule has 2 rings (SSSR count). The van der Waals surface area contributed by atoms with Crippen LogP contribution in [0.1, 0.15) is 26.7 Å². The van der Waals surface area contributed by atoms with Gasteiger partial charge >= 0.3 is 0 Å². The number of rotatable bonds is 5. The standard InChI is InChI=1S/C17H27N5O2/c1-11(2)15(22(19)13-8-5-4-7-12(13)18)17(24)21-10-6-9-14(21)16(23)20-3/h4-5,7-8,11,14-15H,6,9-10,18-19H2,1-3H3,(H,20,23). The average molecular weight is 333 g/mol. The summed E-state index contributed by atoms with van der Waals surface area (Å²) >= 11 is 0. The maximum atomic E-state index is 13.1. The van der Waals surface area contributed by atoms with E-state index >= 15 is 0 Å². The van der Waals surface area contributed by atoms with Crippen molar-refractivity contribution in [2.24, 2.45) is 11.8 Å². The Morgan fingerprint density at radius 2 is 2.00 bits per heavy atom. The molecule has 0 aliphatic carbocycles. The summed E-state index contributed by atoms with van der Waals surface area (Å²) < 4.78 is 0. The Hall–Kier alpha value is -2.28. The molecule has 1 aromatic rings. The van der Waals surface area contributed by atoms with Crippen molar-refractivity contribution in [3.63, 3.8) is 0 Å². The van der Waals surface area contributed by atoms with Crippen LogP contribution in [0.5, 0.6) is 0 Å². The molecule has 1 aliphatic rings. The van der Waals surface area contributed by atoms with Crippen LogP contribution >= 0.6 is 0 Å². The highest BCUT2D eigenvalue weighted by Crippen LogP contribution is 2.27. The fourth-order valence-corrected chi connectivity index (χ4v) is 3.24. The molecule has 2 amide bonds. The molecule has 0 saturated carbocycles. The Kier molecular flexibility index (Phi) is 5.66. The van der Waals surface area contributed by atoms with Crippen molar-refractivity contribution in [2.75, 3.05) is 24.3 Å². The Bertz CT molecular complexity index is 604. The summed E-state index contributed by atoms with van der Waals surface area (Å²) in [6.07, 6.45) is 1.49. The van der Waals surface area contributed by atoms with Crippen molar-refractivity contribution in [1.82, 2.24) is 10.2 Å². The quantitative estimate of drug-likeness (QED) is 0.418. The molecule has 0 bridgehead atoms. The lowest BCUT2D eigenvalue weighted by molar-refractivity contribution is -0.140. The van der Waals surface area contributed by atoms with Gasteiger partial charge in [-0.25, -0.2) is 5.84 Å². The number of hydrogen-bond donors (Lipinski definition) is 3. The van der Waals surface area contributed by atoms with Gasteiger partial charge in [-0.2, -0.15) is 0 Å². The van der Waals surface area contributed by atoms with E-state index in [1.807, 2.05) is 26.0 Å². The van der Waals surface area contributed by atoms with Crippen molar-refractivity contribution in [3.8, 4) is 0 Å². The number of benzene rings is 1. The van der Waals surface area contributed by atoms with Crippen LogP contribution in [0.2, 0.25) is 0 Å². The van der Waals surface area contributed by atoms with Crippen molar-refractivity contribution >= 4 is 23.2 Å². The van der Waals surface area contributed by atoms with Crippen LogP contribution in [0.3, 0.4) is 0 Å². The molecule has 132 valence electrons. The maximum Gasteiger partial charge on any atom is 0.247 e. The van der Waals surface area contributed by atoms with Crippen LogP contribution in [0.25, 0.3) is 0 Å². The predicted octanol–water partition coefficient (Wildman–Crippen LogP) is 0.711. The molecule has 0 aromatic heterocycles. The number of nitrogens with zero attached hydrogens (tertiary/aromatic N) is 2. The number of hydrazine groups is 1. The summed E-state index contributed by atoms with van der Waals surface area (Å²) in [7, 11) is 1.59. The lowest BCUT2D eigenvalue weighted by Crippen LogP contribution is -2.57. The third-order valence-corrected chi connectivity index (χ3v) is 4.48. The van der Waals surface area contributed by atoms with Crippen LogP contribution in [-0.2, 0) is 9.59 Å². The lowest BCUT2D eigenvalue weighted by atomic mass is 10.0. The van der Waals surface area contributed by atoms with Crippen molar-refractivity contribution < 1.29 is 9.59 Å². The highest BCUT2D eigenvalue weighted by atomic mass is 16.2. The number of likely N-dealkylation sites (N-methyl/N-ethyl adjacent to an activating group) is 1. The third kappa shape index (κ3) is 3.46. The van der Waals surface area contributed by atoms with Crippen molar-refractivity contribution in [1.29, 1.82) is 0 Å². The number of nitrogens with one attached hydrogen (secondary N) is 1. The normalized spacial score (nSPS) is 18.5. The Morgan fingerprint density at radius 3 is 2.58 bits per heavy atom. The zero-order valence-electron chi connectivity index (χ0n) is 14.5. The van der Waals surface area contributed by atoms with Gasteiger partial charge in [0.25, 0.3) is 0 Å². The number of anilines is 2. The molecule has 1 aromatic carbocycles. The molecule has 7 nitrogen and oxygen atoms in total. The minimum Gasteiger partial charge on any atom is -0.397 e. The van der Waals surface area contributed by atoms with Crippen LogP contribution < -0.4 is 21.9 Å². The van der Waals surface area contributed by atoms with Crippen molar-refractivity contribution in [3.05, 3.63) is 24.3 Å². The Labute approximate surface area is 142 Å². The Balaban J connectivity index is 2.28. The van der Waals surface area contributed by atoms with E-state index in [0.29, 0.717) is 24.3 Å². The number of para-hydroxylation sites is 2. The van der Waals surface area contributed by atoms with E-state index in [4.69, 9.17) is 11.6 Å².